The van der Waals surface area contributed by atoms with Gasteiger partial charge in [-0.1, -0.05) is 90.8 Å². The standard InChI is InChI=1S/C30H50/c1-21(2)22(3)13-14-24(5)27-15-16-28-26(12-10-19-30(27,28)8)17-20-29(7)18-9-11-23(4)25(29)6/h13-14,17,21-24,27-28H,6,9-12,15-16,18-20H2,1-5,7-8H3/b14-13+,26-17+/t22-,23-,24+,27?,28?,29+,30+/m0/s1. The Morgan fingerprint density at radius 1 is 1.00 bits per heavy atom. The molecule has 3 rings (SSSR count). The topological polar surface area (TPSA) is 0 Å². The van der Waals surface area contributed by atoms with Gasteiger partial charge in [0.2, 0.25) is 0 Å². The molecule has 0 aliphatic heterocycles. The Bertz CT molecular complexity index is 664. The number of rotatable bonds is 6. The molecule has 3 aliphatic carbocycles. The van der Waals surface area contributed by atoms with Crippen LogP contribution < -0.4 is 0 Å². The highest BCUT2D eigenvalue weighted by molar-refractivity contribution is 5.23. The summed E-state index contributed by atoms with van der Waals surface area (Å²) in [7, 11) is 0. The predicted molar refractivity (Wildman–Crippen MR) is 133 cm³/mol. The smallest absolute Gasteiger partial charge is 0.00818 e. The first-order valence-electron chi connectivity index (χ1n) is 13.1. The molecular formula is C30H50. The van der Waals surface area contributed by atoms with E-state index in [1.165, 1.54) is 63.4 Å². The first-order chi connectivity index (χ1) is 14.1. The van der Waals surface area contributed by atoms with Crippen molar-refractivity contribution in [3.63, 3.8) is 0 Å². The van der Waals surface area contributed by atoms with E-state index in [9.17, 15) is 0 Å². The summed E-state index contributed by atoms with van der Waals surface area (Å²) >= 11 is 0. The van der Waals surface area contributed by atoms with E-state index in [2.05, 4.69) is 73.3 Å². The highest BCUT2D eigenvalue weighted by Gasteiger charge is 2.50. The van der Waals surface area contributed by atoms with Gasteiger partial charge in [-0.25, -0.2) is 0 Å². The first-order valence-corrected chi connectivity index (χ1v) is 13.1. The van der Waals surface area contributed by atoms with E-state index in [1.54, 1.807) is 0 Å². The first kappa shape index (κ1) is 23.9. The van der Waals surface area contributed by atoms with Gasteiger partial charge < -0.3 is 0 Å². The highest BCUT2D eigenvalue weighted by Crippen LogP contribution is 2.60. The summed E-state index contributed by atoms with van der Waals surface area (Å²) in [6.45, 7) is 21.6. The molecule has 2 unspecified atom stereocenters. The molecule has 0 heterocycles. The Hall–Kier alpha value is -0.780. The van der Waals surface area contributed by atoms with Gasteiger partial charge in [0, 0.05) is 0 Å². The highest BCUT2D eigenvalue weighted by atomic mass is 14.5. The number of fused-ring (bicyclic) bond motifs is 1. The maximum absolute atomic E-state index is 4.54. The van der Waals surface area contributed by atoms with Crippen LogP contribution in [0.1, 0.15) is 106 Å². The van der Waals surface area contributed by atoms with E-state index in [0.29, 0.717) is 28.6 Å². The summed E-state index contributed by atoms with van der Waals surface area (Å²) in [6, 6.07) is 0. The van der Waals surface area contributed by atoms with Crippen LogP contribution in [0.2, 0.25) is 0 Å². The average molecular weight is 411 g/mol. The molecule has 0 bridgehead atoms. The van der Waals surface area contributed by atoms with Crippen LogP contribution in [0.3, 0.4) is 0 Å². The van der Waals surface area contributed by atoms with Gasteiger partial charge in [-0.2, -0.15) is 0 Å². The van der Waals surface area contributed by atoms with E-state index in [1.807, 2.05) is 5.57 Å². The second-order valence-electron chi connectivity index (χ2n) is 12.3. The fraction of sp³-hybridized carbons (Fsp3) is 0.800. The molecule has 30 heavy (non-hydrogen) atoms. The second kappa shape index (κ2) is 9.38. The molecule has 0 spiro atoms. The predicted octanol–water partition coefficient (Wildman–Crippen LogP) is 9.39. The largest absolute Gasteiger partial charge is 0.0990 e. The minimum absolute atomic E-state index is 0.333. The van der Waals surface area contributed by atoms with Gasteiger partial charge in [0.15, 0.2) is 0 Å². The third-order valence-corrected chi connectivity index (χ3v) is 9.99. The van der Waals surface area contributed by atoms with Gasteiger partial charge in [-0.3, -0.25) is 0 Å². The lowest BCUT2D eigenvalue weighted by Crippen LogP contribution is -2.36. The molecule has 3 fully saturated rings. The zero-order valence-electron chi connectivity index (χ0n) is 21.3. The van der Waals surface area contributed by atoms with Crippen molar-refractivity contribution in [2.75, 3.05) is 0 Å². The van der Waals surface area contributed by atoms with Gasteiger partial charge in [-0.05, 0) is 97.7 Å². The normalized spacial score (nSPS) is 40.9. The number of hydrogen-bond acceptors (Lipinski definition) is 0. The van der Waals surface area contributed by atoms with Crippen molar-refractivity contribution in [1.82, 2.24) is 0 Å². The fourth-order valence-corrected chi connectivity index (χ4v) is 7.21. The van der Waals surface area contributed by atoms with Crippen molar-refractivity contribution in [3.05, 3.63) is 36.0 Å². The van der Waals surface area contributed by atoms with Crippen LogP contribution in [0.25, 0.3) is 0 Å². The van der Waals surface area contributed by atoms with E-state index in [-0.39, 0.29) is 0 Å². The summed E-state index contributed by atoms with van der Waals surface area (Å²) in [5.41, 5.74) is 4.17. The van der Waals surface area contributed by atoms with E-state index in [4.69, 9.17) is 0 Å². The van der Waals surface area contributed by atoms with Crippen molar-refractivity contribution >= 4 is 0 Å². The molecule has 0 aromatic rings. The fourth-order valence-electron chi connectivity index (χ4n) is 7.21. The van der Waals surface area contributed by atoms with Crippen LogP contribution in [0.5, 0.6) is 0 Å². The van der Waals surface area contributed by atoms with Crippen LogP contribution in [-0.2, 0) is 0 Å². The minimum atomic E-state index is 0.333. The van der Waals surface area contributed by atoms with Crippen molar-refractivity contribution in [2.45, 2.75) is 106 Å². The van der Waals surface area contributed by atoms with Crippen LogP contribution in [0, 0.1) is 46.3 Å². The third kappa shape index (κ3) is 4.68. The van der Waals surface area contributed by atoms with Crippen molar-refractivity contribution in [1.29, 1.82) is 0 Å². The lowest BCUT2D eigenvalue weighted by atomic mass is 9.60. The Kier molecular flexibility index (Phi) is 7.46. The molecule has 3 saturated carbocycles. The molecule has 0 N–H and O–H groups in total. The van der Waals surface area contributed by atoms with Crippen molar-refractivity contribution in [2.24, 2.45) is 46.3 Å². The Balaban J connectivity index is 1.72. The van der Waals surface area contributed by atoms with Crippen molar-refractivity contribution < 1.29 is 0 Å². The van der Waals surface area contributed by atoms with E-state index < -0.39 is 0 Å². The zero-order valence-corrected chi connectivity index (χ0v) is 21.3. The molecule has 0 saturated heterocycles. The lowest BCUT2D eigenvalue weighted by Gasteiger charge is -2.45. The summed E-state index contributed by atoms with van der Waals surface area (Å²) in [5.74, 6) is 4.51. The van der Waals surface area contributed by atoms with Crippen LogP contribution in [-0.4, -0.2) is 0 Å². The van der Waals surface area contributed by atoms with Crippen molar-refractivity contribution in [3.8, 4) is 0 Å². The summed E-state index contributed by atoms with van der Waals surface area (Å²) in [4.78, 5) is 0. The molecular weight excluding hydrogens is 360 g/mol. The van der Waals surface area contributed by atoms with Crippen LogP contribution >= 0.6 is 0 Å². The zero-order chi connectivity index (χ0) is 22.1. The van der Waals surface area contributed by atoms with Crippen LogP contribution in [0.4, 0.5) is 0 Å². The second-order valence-corrected chi connectivity index (χ2v) is 12.3. The van der Waals surface area contributed by atoms with E-state index >= 15 is 0 Å². The summed E-state index contributed by atoms with van der Waals surface area (Å²) < 4.78 is 0. The maximum Gasteiger partial charge on any atom is -0.00818 e. The maximum atomic E-state index is 4.54. The summed E-state index contributed by atoms with van der Waals surface area (Å²) in [5, 5.41) is 0. The molecule has 0 amide bonds. The number of allylic oxidation sites excluding steroid dienone is 5. The summed E-state index contributed by atoms with van der Waals surface area (Å²) in [6.07, 6.45) is 20.0. The van der Waals surface area contributed by atoms with Gasteiger partial charge >= 0.3 is 0 Å². The van der Waals surface area contributed by atoms with Gasteiger partial charge in [0.25, 0.3) is 0 Å². The quantitative estimate of drug-likeness (QED) is 0.382. The van der Waals surface area contributed by atoms with Gasteiger partial charge in [-0.15, -0.1) is 0 Å². The molecule has 0 radical (unpaired) electrons. The average Bonchev–Trinajstić information content (AvgIpc) is 3.06. The molecule has 0 nitrogen and oxygen atoms in total. The molecule has 170 valence electrons. The third-order valence-electron chi connectivity index (χ3n) is 9.99. The minimum Gasteiger partial charge on any atom is -0.0990 e. The van der Waals surface area contributed by atoms with E-state index in [0.717, 1.165) is 17.8 Å². The molecule has 0 heteroatoms. The molecule has 7 atom stereocenters. The monoisotopic (exact) mass is 410 g/mol. The molecule has 3 aliphatic rings. The lowest BCUT2D eigenvalue weighted by molar-refractivity contribution is 0.111. The Morgan fingerprint density at radius 3 is 2.43 bits per heavy atom. The Labute approximate surface area is 188 Å². The molecule has 0 aromatic carbocycles. The van der Waals surface area contributed by atoms with Gasteiger partial charge in [0.1, 0.15) is 0 Å². The van der Waals surface area contributed by atoms with Gasteiger partial charge in [0.05, 0.1) is 0 Å². The van der Waals surface area contributed by atoms with Crippen LogP contribution in [0.15, 0.2) is 36.0 Å². The SMILES string of the molecule is C=C1[C@@H](C)CCC[C@]1(C)C/C=C1\CCC[C@@]2(C)C1CCC2[C@H](C)/C=C/[C@H](C)C(C)C. The Morgan fingerprint density at radius 2 is 1.73 bits per heavy atom. The number of hydrogen-bond donors (Lipinski definition) is 0. The molecule has 0 aromatic heterocycles.